The molecule has 6 rings (SSSR count). The molecule has 4 aromatic carbocycles. The van der Waals surface area contributed by atoms with E-state index in [-0.39, 0.29) is 158 Å². The Kier molecular flexibility index (Phi) is 20.2. The Morgan fingerprint density at radius 3 is 0.892 bits per heavy atom. The first-order valence-electron chi connectivity index (χ1n) is 17.2. The first kappa shape index (κ1) is 55.6. The maximum absolute atomic E-state index is 11.8. The van der Waals surface area contributed by atoms with E-state index in [4.69, 9.17) is 0 Å². The van der Waals surface area contributed by atoms with Gasteiger partial charge in [0.15, 0.2) is 11.6 Å². The molecular weight excluding hydrogens is 937 g/mol. The van der Waals surface area contributed by atoms with Crippen molar-refractivity contribution in [3.63, 3.8) is 0 Å². The Bertz CT molecular complexity index is 2570. The van der Waals surface area contributed by atoms with Crippen LogP contribution >= 0.6 is 0 Å². The van der Waals surface area contributed by atoms with E-state index in [1.807, 2.05) is 0 Å². The van der Waals surface area contributed by atoms with Crippen molar-refractivity contribution >= 4 is 172 Å². The Morgan fingerprint density at radius 1 is 0.385 bits per heavy atom. The first-order chi connectivity index (χ1) is 29.2. The molecule has 0 radical (unpaired) electrons. The molecule has 0 saturated carbocycles. The summed E-state index contributed by atoms with van der Waals surface area (Å²) in [6.45, 7) is 0. The van der Waals surface area contributed by atoms with Gasteiger partial charge in [-0.05, 0) is 104 Å². The summed E-state index contributed by atoms with van der Waals surface area (Å²) in [6, 6.07) is 13.0. The Balaban J connectivity index is 0.000000427. The molecule has 18 nitrogen and oxygen atoms in total. The van der Waals surface area contributed by atoms with Crippen LogP contribution in [0.15, 0.2) is 132 Å². The van der Waals surface area contributed by atoms with Crippen LogP contribution in [0.3, 0.4) is 0 Å². The molecule has 0 heterocycles. The molecule has 21 heteroatoms. The number of aliphatic carboxylic acids is 2. The third kappa shape index (κ3) is 12.8. The fourth-order valence-corrected chi connectivity index (χ4v) is 6.10. The second-order valence-corrected chi connectivity index (χ2v) is 12.8. The monoisotopic (exact) mass is 958 g/mol. The van der Waals surface area contributed by atoms with Crippen molar-refractivity contribution in [3.05, 3.63) is 176 Å². The quantitative estimate of drug-likeness (QED) is 0.104. The number of carbonyl (C=O) groups excluding carboxylic acids is 4. The van der Waals surface area contributed by atoms with Crippen LogP contribution in [0.4, 0.5) is 0 Å². The van der Waals surface area contributed by atoms with E-state index in [2.05, 4.69) is 0 Å². The van der Waals surface area contributed by atoms with Gasteiger partial charge >= 0.3 is 137 Å². The van der Waals surface area contributed by atoms with Gasteiger partial charge in [-0.2, -0.15) is 0 Å². The maximum Gasteiger partial charge on any atom is 2.00 e. The standard InChI is InChI=1S/2C22H14O9.3Ca/c2*23-16-4-1-10(7-13(16)20(26)27)19(11-2-5-17(24)14(8-11)21(28)29)12-3-6-18(25)15(9-12)22(30)31;;;/h2*1-9,23-24H,(H,26,27)(H,28,29)(H,30,31);;;/q;;3*+2/p-6. The van der Waals surface area contributed by atoms with Crippen molar-refractivity contribution < 1.29 is 89.4 Å². The van der Waals surface area contributed by atoms with Gasteiger partial charge in [0.05, 0.1) is 23.1 Å². The summed E-state index contributed by atoms with van der Waals surface area (Å²) in [6.07, 6.45) is 6.57. The average molecular weight is 959 g/mol. The van der Waals surface area contributed by atoms with Crippen LogP contribution in [0.5, 0.6) is 23.0 Å². The minimum Gasteiger partial charge on any atom is -0.872 e. The van der Waals surface area contributed by atoms with E-state index in [9.17, 15) is 89.4 Å². The third-order valence-corrected chi connectivity index (χ3v) is 8.97. The molecule has 4 aromatic rings. The number of hydrogen-bond acceptors (Lipinski definition) is 14. The summed E-state index contributed by atoms with van der Waals surface area (Å²) >= 11 is 0. The van der Waals surface area contributed by atoms with Crippen LogP contribution in [-0.4, -0.2) is 181 Å². The van der Waals surface area contributed by atoms with Gasteiger partial charge in [0, 0.05) is 0 Å². The molecular formula is C44H22Ca3O18. The van der Waals surface area contributed by atoms with Crippen LogP contribution in [0.25, 0.3) is 11.1 Å². The van der Waals surface area contributed by atoms with Crippen molar-refractivity contribution in [1.29, 1.82) is 0 Å². The molecule has 65 heavy (non-hydrogen) atoms. The van der Waals surface area contributed by atoms with Crippen LogP contribution in [0, 0.1) is 0 Å². The molecule has 0 atom stereocenters. The van der Waals surface area contributed by atoms with Crippen molar-refractivity contribution in [2.45, 2.75) is 0 Å². The van der Waals surface area contributed by atoms with E-state index in [0.717, 1.165) is 72.8 Å². The van der Waals surface area contributed by atoms with Crippen molar-refractivity contribution in [2.75, 3.05) is 0 Å². The van der Waals surface area contributed by atoms with Gasteiger partial charge in [-0.3, -0.25) is 9.59 Å². The number of carboxylic acids is 6. The smallest absolute Gasteiger partial charge is 0.872 e. The number of aromatic carboxylic acids is 4. The molecule has 0 unspecified atom stereocenters. The third-order valence-electron chi connectivity index (χ3n) is 8.97. The Morgan fingerprint density at radius 2 is 0.646 bits per heavy atom. The summed E-state index contributed by atoms with van der Waals surface area (Å²) < 4.78 is 0. The summed E-state index contributed by atoms with van der Waals surface area (Å²) in [5, 5.41) is 107. The number of ketones is 2. The second-order valence-electron chi connectivity index (χ2n) is 12.8. The zero-order valence-corrected chi connectivity index (χ0v) is 39.6. The van der Waals surface area contributed by atoms with Crippen LogP contribution in [-0.2, 0) is 19.2 Å². The fraction of sp³-hybridized carbons (Fsp3) is 0. The van der Waals surface area contributed by atoms with E-state index in [1.54, 1.807) is 0 Å². The average Bonchev–Trinajstić information content (AvgIpc) is 3.21. The van der Waals surface area contributed by atoms with Gasteiger partial charge in [-0.1, -0.05) is 83.7 Å². The summed E-state index contributed by atoms with van der Waals surface area (Å²) in [7, 11) is 0. The Labute approximate surface area is 454 Å². The van der Waals surface area contributed by atoms with Gasteiger partial charge in [-0.25, -0.2) is 19.2 Å². The molecule has 312 valence electrons. The van der Waals surface area contributed by atoms with Gasteiger partial charge in [0.25, 0.3) is 0 Å². The fourth-order valence-electron chi connectivity index (χ4n) is 6.10. The van der Waals surface area contributed by atoms with Gasteiger partial charge in [0.1, 0.15) is 11.1 Å². The van der Waals surface area contributed by atoms with E-state index < -0.39 is 104 Å². The summed E-state index contributed by atoms with van der Waals surface area (Å²) in [4.78, 5) is 91.8. The second kappa shape index (κ2) is 23.6. The van der Waals surface area contributed by atoms with E-state index in [1.165, 1.54) is 36.4 Å². The SMILES string of the molecule is O=C(O)C1=C/C(=C(\c2ccc([O-])c(C(=O)[O-])c2)c2ccc([O-])c(C(=O)O)c2)C=CC1=O.O=C(O)C1=C/C(=C(\c2ccc([O-])c(C(=O)[O-])c2)c2ccc([O-])c(C(=O)O)c2)C=CC1=O.[Ca+2].[Ca+2].[Ca+2]. The molecule has 0 saturated heterocycles. The minimum atomic E-state index is -1.74. The Hall–Kier alpha value is -5.54. The molecule has 0 aliphatic heterocycles. The largest absolute Gasteiger partial charge is 2.00 e. The summed E-state index contributed by atoms with van der Waals surface area (Å²) in [5.41, 5.74) is -2.75. The van der Waals surface area contributed by atoms with Crippen molar-refractivity contribution in [3.8, 4) is 23.0 Å². The van der Waals surface area contributed by atoms with Crippen LogP contribution in [0.2, 0.25) is 0 Å². The molecule has 0 spiro atoms. The number of allylic oxidation sites excluding steroid dienone is 8. The van der Waals surface area contributed by atoms with Crippen molar-refractivity contribution in [1.82, 2.24) is 0 Å². The number of carboxylic acid groups (broad SMARTS) is 6. The van der Waals surface area contributed by atoms with E-state index in [0.29, 0.717) is 0 Å². The zero-order chi connectivity index (χ0) is 45.7. The first-order valence-corrected chi connectivity index (χ1v) is 17.2. The topological polar surface area (TPSA) is 356 Å². The number of benzene rings is 4. The van der Waals surface area contributed by atoms with Crippen LogP contribution in [0.1, 0.15) is 63.7 Å². The number of carbonyl (C=O) groups is 8. The predicted octanol–water partition coefficient (Wildman–Crippen LogP) is -1.45. The molecule has 2 aliphatic carbocycles. The van der Waals surface area contributed by atoms with Gasteiger partial charge in [0.2, 0.25) is 0 Å². The molecule has 0 aromatic heterocycles. The minimum absolute atomic E-state index is 0. The zero-order valence-electron chi connectivity index (χ0n) is 33.0. The number of rotatable bonds is 10. The van der Waals surface area contributed by atoms with Crippen LogP contribution < -0.4 is 30.6 Å². The number of hydrogen-bond donors (Lipinski definition) is 4. The van der Waals surface area contributed by atoms with Gasteiger partial charge in [-0.15, -0.1) is 0 Å². The van der Waals surface area contributed by atoms with Crippen molar-refractivity contribution in [2.24, 2.45) is 0 Å². The molecule has 2 aliphatic rings. The normalized spacial score (nSPS) is 14.0. The van der Waals surface area contributed by atoms with E-state index >= 15 is 0 Å². The molecule has 4 N–H and O–H groups in total. The summed E-state index contributed by atoms with van der Waals surface area (Å²) in [5.74, 6) is -14.3. The maximum atomic E-state index is 11.8. The van der Waals surface area contributed by atoms with Gasteiger partial charge < -0.3 is 60.7 Å². The predicted molar refractivity (Wildman–Crippen MR) is 215 cm³/mol. The molecule has 0 bridgehead atoms. The molecule has 0 amide bonds. The molecule has 0 fully saturated rings.